The Morgan fingerprint density at radius 3 is 1.00 bits per heavy atom. The van der Waals surface area contributed by atoms with Gasteiger partial charge in [0.25, 0.3) is 0 Å². The third-order valence-corrected chi connectivity index (χ3v) is 12.9. The Bertz CT molecular complexity index is 1950. The second-order valence-corrected chi connectivity index (χ2v) is 24.2. The third-order valence-electron chi connectivity index (χ3n) is 12.9. The van der Waals surface area contributed by atoms with Crippen molar-refractivity contribution in [1.82, 2.24) is 0 Å². The van der Waals surface area contributed by atoms with Gasteiger partial charge in [0.15, 0.2) is 0 Å². The van der Waals surface area contributed by atoms with Crippen molar-refractivity contribution in [3.63, 3.8) is 0 Å². The molecule has 1 aliphatic carbocycles. The summed E-state index contributed by atoms with van der Waals surface area (Å²) < 4.78 is 0. The molecule has 0 fully saturated rings. The molecule has 3 aromatic rings. The summed E-state index contributed by atoms with van der Waals surface area (Å²) in [6, 6.07) is 13.5. The smallest absolute Gasteiger partial charge is 0.123 e. The summed E-state index contributed by atoms with van der Waals surface area (Å²) in [5, 5.41) is 34.9. The highest BCUT2D eigenvalue weighted by Crippen LogP contribution is 2.51. The molecule has 0 spiro atoms. The first-order valence-electron chi connectivity index (χ1n) is 21.5. The van der Waals surface area contributed by atoms with Gasteiger partial charge in [0.1, 0.15) is 17.2 Å². The lowest BCUT2D eigenvalue weighted by atomic mass is 9.60. The lowest BCUT2D eigenvalue weighted by molar-refractivity contribution is 0.277. The van der Waals surface area contributed by atoms with E-state index >= 15 is 0 Å². The predicted molar refractivity (Wildman–Crippen MR) is 246 cm³/mol. The van der Waals surface area contributed by atoms with Crippen LogP contribution in [0.1, 0.15) is 195 Å². The van der Waals surface area contributed by atoms with Gasteiger partial charge >= 0.3 is 0 Å². The van der Waals surface area contributed by atoms with Gasteiger partial charge in [0, 0.05) is 0 Å². The van der Waals surface area contributed by atoms with Gasteiger partial charge in [0.05, 0.1) is 0 Å². The van der Waals surface area contributed by atoms with Gasteiger partial charge in [0.2, 0.25) is 0 Å². The maximum Gasteiger partial charge on any atom is 0.123 e. The van der Waals surface area contributed by atoms with E-state index in [0.29, 0.717) is 17.2 Å². The molecule has 0 saturated carbocycles. The molecule has 2 unspecified atom stereocenters. The minimum atomic E-state index is -0.228. The van der Waals surface area contributed by atoms with Gasteiger partial charge in [-0.1, -0.05) is 192 Å². The predicted octanol–water partition coefficient (Wildman–Crippen LogP) is 14.5. The monoisotopic (exact) mass is 777 g/mol. The van der Waals surface area contributed by atoms with Crippen molar-refractivity contribution in [3.05, 3.63) is 109 Å². The quantitative estimate of drug-likeness (QED) is 0.234. The summed E-state index contributed by atoms with van der Waals surface area (Å²) in [4.78, 5) is 0. The molecule has 0 saturated heterocycles. The van der Waals surface area contributed by atoms with Crippen LogP contribution in [0.2, 0.25) is 0 Å². The van der Waals surface area contributed by atoms with E-state index in [-0.39, 0.29) is 43.8 Å². The van der Waals surface area contributed by atoms with Crippen LogP contribution in [-0.4, -0.2) is 15.3 Å². The van der Waals surface area contributed by atoms with Crippen LogP contribution in [-0.2, 0) is 51.8 Å². The van der Waals surface area contributed by atoms with Crippen LogP contribution >= 0.6 is 0 Å². The topological polar surface area (TPSA) is 60.7 Å². The van der Waals surface area contributed by atoms with Crippen LogP contribution in [0.5, 0.6) is 17.2 Å². The van der Waals surface area contributed by atoms with Crippen LogP contribution in [0, 0.1) is 11.3 Å². The Morgan fingerprint density at radius 2 is 0.719 bits per heavy atom. The molecular weight excluding hydrogens is 697 g/mol. The van der Waals surface area contributed by atoms with Gasteiger partial charge < -0.3 is 15.3 Å². The van der Waals surface area contributed by atoms with E-state index in [1.54, 1.807) is 0 Å². The molecule has 3 N–H and O–H groups in total. The Hall–Kier alpha value is -3.46. The van der Waals surface area contributed by atoms with Crippen molar-refractivity contribution >= 4 is 0 Å². The molecule has 0 radical (unpaired) electrons. The summed E-state index contributed by atoms with van der Waals surface area (Å²) in [5.74, 6) is 1.46. The number of rotatable bonds is 6. The van der Waals surface area contributed by atoms with Crippen molar-refractivity contribution in [3.8, 4) is 17.2 Å². The summed E-state index contributed by atoms with van der Waals surface area (Å²) in [6.45, 7) is 46.6. The first-order valence-corrected chi connectivity index (χ1v) is 21.5. The maximum absolute atomic E-state index is 11.7. The molecule has 2 atom stereocenters. The fourth-order valence-corrected chi connectivity index (χ4v) is 8.93. The Labute approximate surface area is 349 Å². The van der Waals surface area contributed by atoms with E-state index in [9.17, 15) is 15.3 Å². The van der Waals surface area contributed by atoms with E-state index in [2.05, 4.69) is 188 Å². The molecule has 0 heterocycles. The van der Waals surface area contributed by atoms with Gasteiger partial charge in [-0.3, -0.25) is 0 Å². The van der Waals surface area contributed by atoms with Gasteiger partial charge in [-0.05, 0) is 126 Å². The molecule has 3 aromatic carbocycles. The fraction of sp³-hybridized carbons (Fsp3) is 0.593. The van der Waals surface area contributed by atoms with Crippen molar-refractivity contribution < 1.29 is 15.3 Å². The average Bonchev–Trinajstić information content (AvgIpc) is 3.01. The van der Waals surface area contributed by atoms with Crippen LogP contribution in [0.25, 0.3) is 0 Å². The molecule has 57 heavy (non-hydrogen) atoms. The molecule has 1 aliphatic rings. The maximum atomic E-state index is 11.7. The fourth-order valence-electron chi connectivity index (χ4n) is 8.93. The summed E-state index contributed by atoms with van der Waals surface area (Å²) in [6.07, 6.45) is 4.86. The standard InChI is InChI=1S/C54H80O3/c1-32-37(22-34-24-39(48(3,4)5)45(55)40(25-34)49(6,7)8)30-38(23-35-26-41(50(9,10)11)46(56)42(27-35)51(12,13)14)33(2)54(32,21)31-36-28-43(52(15,16)17)47(57)44(29-36)53(18,19)20/h24-30,32,55-57H,22-23,31H2,1-21H3. The zero-order valence-electron chi connectivity index (χ0n) is 40.1. The number of hydrogen-bond donors (Lipinski definition) is 3. The van der Waals surface area contributed by atoms with E-state index in [1.807, 2.05) is 0 Å². The second-order valence-electron chi connectivity index (χ2n) is 24.2. The lowest BCUT2D eigenvalue weighted by Crippen LogP contribution is -2.35. The van der Waals surface area contributed by atoms with E-state index in [1.165, 1.54) is 33.4 Å². The van der Waals surface area contributed by atoms with E-state index < -0.39 is 0 Å². The number of aromatic hydroxyl groups is 3. The van der Waals surface area contributed by atoms with Crippen molar-refractivity contribution in [2.75, 3.05) is 0 Å². The van der Waals surface area contributed by atoms with E-state index in [0.717, 1.165) is 52.6 Å². The highest BCUT2D eigenvalue weighted by molar-refractivity contribution is 5.55. The molecular formula is C54H80O3. The third kappa shape index (κ3) is 9.71. The first-order chi connectivity index (χ1) is 25.5. The number of phenols is 3. The average molecular weight is 777 g/mol. The number of benzene rings is 3. The summed E-state index contributed by atoms with van der Waals surface area (Å²) in [5.41, 5.74) is 12.2. The van der Waals surface area contributed by atoms with Gasteiger partial charge in [-0.25, -0.2) is 0 Å². The first kappa shape index (κ1) is 46.2. The largest absolute Gasteiger partial charge is 0.507 e. The molecule has 0 amide bonds. The Balaban J connectivity index is 2.03. The zero-order valence-corrected chi connectivity index (χ0v) is 40.1. The Morgan fingerprint density at radius 1 is 0.456 bits per heavy atom. The molecule has 0 bridgehead atoms. The molecule has 0 aromatic heterocycles. The van der Waals surface area contributed by atoms with Crippen LogP contribution < -0.4 is 0 Å². The normalized spacial score (nSPS) is 19.0. The van der Waals surface area contributed by atoms with E-state index in [4.69, 9.17) is 0 Å². The lowest BCUT2D eigenvalue weighted by Gasteiger charge is -2.44. The minimum absolute atomic E-state index is 0.214. The molecule has 3 nitrogen and oxygen atoms in total. The van der Waals surface area contributed by atoms with Crippen molar-refractivity contribution in [1.29, 1.82) is 0 Å². The van der Waals surface area contributed by atoms with Crippen molar-refractivity contribution in [2.45, 2.75) is 197 Å². The van der Waals surface area contributed by atoms with Crippen LogP contribution in [0.4, 0.5) is 0 Å². The Kier molecular flexibility index (Phi) is 12.1. The highest BCUT2D eigenvalue weighted by Gasteiger charge is 2.41. The molecule has 0 aliphatic heterocycles. The number of hydrogen-bond acceptors (Lipinski definition) is 3. The minimum Gasteiger partial charge on any atom is -0.507 e. The number of phenolic OH excluding ortho intramolecular Hbond substituents is 3. The zero-order chi connectivity index (χ0) is 43.8. The van der Waals surface area contributed by atoms with Gasteiger partial charge in [-0.2, -0.15) is 0 Å². The molecule has 314 valence electrons. The molecule has 4 rings (SSSR count). The van der Waals surface area contributed by atoms with Crippen LogP contribution in [0.15, 0.2) is 59.2 Å². The second kappa shape index (κ2) is 15.0. The SMILES string of the molecule is CC1=C(Cc2cc(C(C)(C)C)c(O)c(C(C)(C)C)c2)C=C(Cc2cc(C(C)(C)C)c(O)c(C(C)(C)C)c2)C(C)C1(C)Cc1cc(C(C)(C)C)c(O)c(C(C)(C)C)c1. The highest BCUT2D eigenvalue weighted by atomic mass is 16.3. The summed E-state index contributed by atoms with van der Waals surface area (Å²) in [7, 11) is 0. The van der Waals surface area contributed by atoms with Gasteiger partial charge in [-0.15, -0.1) is 0 Å². The van der Waals surface area contributed by atoms with Crippen LogP contribution in [0.3, 0.4) is 0 Å². The molecule has 3 heteroatoms. The van der Waals surface area contributed by atoms with Crippen molar-refractivity contribution in [2.24, 2.45) is 11.3 Å². The number of allylic oxidation sites excluding steroid dienone is 4. The summed E-state index contributed by atoms with van der Waals surface area (Å²) >= 11 is 0.